The van der Waals surface area contributed by atoms with Gasteiger partial charge in [-0.05, 0) is 26.8 Å². The maximum absolute atomic E-state index is 12.5. The van der Waals surface area contributed by atoms with Gasteiger partial charge < -0.3 is 15.0 Å². The van der Waals surface area contributed by atoms with Crippen LogP contribution in [0.15, 0.2) is 0 Å². The monoisotopic (exact) mass is 323 g/mol. The molecule has 130 valence electrons. The lowest BCUT2D eigenvalue weighted by atomic mass is 10.1. The first kappa shape index (κ1) is 16.7. The van der Waals surface area contributed by atoms with Crippen LogP contribution in [0.4, 0.5) is 0 Å². The number of hydrogen-bond acceptors (Lipinski definition) is 4. The molecular weight excluding hydrogens is 294 g/mol. The predicted molar refractivity (Wildman–Crippen MR) is 86.9 cm³/mol. The predicted octanol–water partition coefficient (Wildman–Crippen LogP) is 0.613. The van der Waals surface area contributed by atoms with Gasteiger partial charge in [0.05, 0.1) is 18.8 Å². The molecule has 2 heterocycles. The summed E-state index contributed by atoms with van der Waals surface area (Å²) in [6, 6.07) is 0.216. The van der Waals surface area contributed by atoms with Crippen molar-refractivity contribution >= 4 is 11.8 Å². The number of carbonyl (C=O) groups is 2. The van der Waals surface area contributed by atoms with Crippen molar-refractivity contribution in [3.05, 3.63) is 0 Å². The second-order valence-electron chi connectivity index (χ2n) is 7.35. The fraction of sp³-hybridized carbons (Fsp3) is 0.882. The van der Waals surface area contributed by atoms with Crippen LogP contribution in [-0.4, -0.2) is 73.1 Å². The molecule has 0 aromatic rings. The summed E-state index contributed by atoms with van der Waals surface area (Å²) in [5, 5.41) is 3.02. The molecule has 2 saturated heterocycles. The molecule has 0 radical (unpaired) electrons. The second kappa shape index (κ2) is 7.18. The highest BCUT2D eigenvalue weighted by Gasteiger charge is 2.40. The lowest BCUT2D eigenvalue weighted by molar-refractivity contribution is -0.131. The fourth-order valence-electron chi connectivity index (χ4n) is 4.05. The average Bonchev–Trinajstić information content (AvgIpc) is 3.17. The van der Waals surface area contributed by atoms with E-state index in [9.17, 15) is 9.59 Å². The lowest BCUT2D eigenvalue weighted by Gasteiger charge is -2.33. The Morgan fingerprint density at radius 2 is 2.00 bits per heavy atom. The average molecular weight is 323 g/mol. The number of fused-ring (bicyclic) bond motifs is 1. The van der Waals surface area contributed by atoms with Crippen molar-refractivity contribution in [1.82, 2.24) is 15.1 Å². The van der Waals surface area contributed by atoms with E-state index in [0.717, 1.165) is 45.4 Å². The van der Waals surface area contributed by atoms with Crippen molar-refractivity contribution < 1.29 is 14.3 Å². The number of carbonyl (C=O) groups excluding carboxylic acids is 2. The van der Waals surface area contributed by atoms with E-state index in [1.54, 1.807) is 0 Å². The van der Waals surface area contributed by atoms with Gasteiger partial charge in [0, 0.05) is 38.0 Å². The van der Waals surface area contributed by atoms with Gasteiger partial charge in [-0.2, -0.15) is 0 Å². The standard InChI is InChI=1S/C17H29N3O3/c1-12(18-17(22)13-5-3-4-6-13)9-16(21)20-10-14-15(11-20)23-8-7-19(14)2/h12-15H,3-11H2,1-2H3,(H,18,22)/t12-,14-,15+/m0/s1. The number of ether oxygens (including phenoxy) is 1. The third-order valence-corrected chi connectivity index (χ3v) is 5.53. The van der Waals surface area contributed by atoms with Crippen molar-refractivity contribution in [1.29, 1.82) is 0 Å². The van der Waals surface area contributed by atoms with Crippen LogP contribution >= 0.6 is 0 Å². The van der Waals surface area contributed by atoms with Gasteiger partial charge in [-0.3, -0.25) is 14.5 Å². The molecule has 6 heteroatoms. The Morgan fingerprint density at radius 1 is 1.26 bits per heavy atom. The van der Waals surface area contributed by atoms with E-state index in [1.165, 1.54) is 0 Å². The highest BCUT2D eigenvalue weighted by atomic mass is 16.5. The summed E-state index contributed by atoms with van der Waals surface area (Å²) in [4.78, 5) is 28.8. The highest BCUT2D eigenvalue weighted by Crippen LogP contribution is 2.25. The molecule has 3 fully saturated rings. The summed E-state index contributed by atoms with van der Waals surface area (Å²) in [5.41, 5.74) is 0. The second-order valence-corrected chi connectivity index (χ2v) is 7.35. The van der Waals surface area contributed by atoms with Crippen LogP contribution in [0, 0.1) is 5.92 Å². The number of amides is 2. The van der Waals surface area contributed by atoms with E-state index in [-0.39, 0.29) is 29.9 Å². The molecule has 23 heavy (non-hydrogen) atoms. The van der Waals surface area contributed by atoms with Gasteiger partial charge in [0.1, 0.15) is 0 Å². The molecule has 3 atom stereocenters. The molecule has 2 aliphatic heterocycles. The minimum absolute atomic E-state index is 0.100. The van der Waals surface area contributed by atoms with E-state index in [0.29, 0.717) is 19.0 Å². The Kier molecular flexibility index (Phi) is 5.21. The first-order valence-corrected chi connectivity index (χ1v) is 8.94. The van der Waals surface area contributed by atoms with Gasteiger partial charge in [0.2, 0.25) is 11.8 Å². The van der Waals surface area contributed by atoms with Crippen molar-refractivity contribution in [3.63, 3.8) is 0 Å². The molecule has 6 nitrogen and oxygen atoms in total. The van der Waals surface area contributed by atoms with Gasteiger partial charge in [-0.25, -0.2) is 0 Å². The molecule has 3 rings (SSSR count). The smallest absolute Gasteiger partial charge is 0.224 e. The van der Waals surface area contributed by atoms with Gasteiger partial charge in [-0.15, -0.1) is 0 Å². The normalized spacial score (nSPS) is 30.3. The van der Waals surface area contributed by atoms with Gasteiger partial charge in [-0.1, -0.05) is 12.8 Å². The molecular formula is C17H29N3O3. The van der Waals surface area contributed by atoms with E-state index < -0.39 is 0 Å². The van der Waals surface area contributed by atoms with Crippen molar-refractivity contribution in [3.8, 4) is 0 Å². The SMILES string of the molecule is C[C@@H](CC(=O)N1C[C@H]2OCCN(C)[C@H]2C1)NC(=O)C1CCCC1. The van der Waals surface area contributed by atoms with Crippen LogP contribution in [0.2, 0.25) is 0 Å². The van der Waals surface area contributed by atoms with Crippen molar-refractivity contribution in [2.75, 3.05) is 33.3 Å². The summed E-state index contributed by atoms with van der Waals surface area (Å²) in [6.07, 6.45) is 4.80. The fourth-order valence-corrected chi connectivity index (χ4v) is 4.05. The van der Waals surface area contributed by atoms with Crippen molar-refractivity contribution in [2.24, 2.45) is 5.92 Å². The molecule has 3 aliphatic rings. The molecule has 1 saturated carbocycles. The number of likely N-dealkylation sites (N-methyl/N-ethyl adjacent to an activating group) is 1. The third-order valence-electron chi connectivity index (χ3n) is 5.53. The molecule has 0 aromatic heterocycles. The Balaban J connectivity index is 1.46. The number of nitrogens with one attached hydrogen (secondary N) is 1. The summed E-state index contributed by atoms with van der Waals surface area (Å²) in [6.45, 7) is 5.02. The summed E-state index contributed by atoms with van der Waals surface area (Å²) >= 11 is 0. The number of likely N-dealkylation sites (tertiary alicyclic amines) is 1. The first-order valence-electron chi connectivity index (χ1n) is 8.94. The van der Waals surface area contributed by atoms with Gasteiger partial charge in [0.25, 0.3) is 0 Å². The Morgan fingerprint density at radius 3 is 2.70 bits per heavy atom. The van der Waals surface area contributed by atoms with E-state index >= 15 is 0 Å². The minimum atomic E-state index is -0.100. The van der Waals surface area contributed by atoms with Crippen LogP contribution in [0.5, 0.6) is 0 Å². The maximum atomic E-state index is 12.5. The van der Waals surface area contributed by atoms with Crippen LogP contribution in [0.1, 0.15) is 39.0 Å². The topological polar surface area (TPSA) is 61.9 Å². The van der Waals surface area contributed by atoms with E-state index in [1.807, 2.05) is 11.8 Å². The zero-order valence-corrected chi connectivity index (χ0v) is 14.3. The summed E-state index contributed by atoms with van der Waals surface area (Å²) < 4.78 is 5.78. The van der Waals surface area contributed by atoms with E-state index in [2.05, 4.69) is 17.3 Å². The maximum Gasteiger partial charge on any atom is 0.224 e. The Labute approximate surface area is 138 Å². The number of hydrogen-bond donors (Lipinski definition) is 1. The third kappa shape index (κ3) is 3.86. The van der Waals surface area contributed by atoms with Crippen LogP contribution in [0.3, 0.4) is 0 Å². The number of rotatable bonds is 4. The van der Waals surface area contributed by atoms with Gasteiger partial charge in [0.15, 0.2) is 0 Å². The van der Waals surface area contributed by atoms with Crippen LogP contribution in [-0.2, 0) is 14.3 Å². The molecule has 0 aromatic carbocycles. The highest BCUT2D eigenvalue weighted by molar-refractivity contribution is 5.81. The largest absolute Gasteiger partial charge is 0.373 e. The van der Waals surface area contributed by atoms with E-state index in [4.69, 9.17) is 4.74 Å². The lowest BCUT2D eigenvalue weighted by Crippen LogP contribution is -2.48. The summed E-state index contributed by atoms with van der Waals surface area (Å²) in [7, 11) is 2.10. The van der Waals surface area contributed by atoms with Crippen molar-refractivity contribution in [2.45, 2.75) is 57.2 Å². The zero-order valence-electron chi connectivity index (χ0n) is 14.3. The minimum Gasteiger partial charge on any atom is -0.373 e. The molecule has 2 amide bonds. The van der Waals surface area contributed by atoms with Crippen LogP contribution < -0.4 is 5.32 Å². The molecule has 1 aliphatic carbocycles. The molecule has 0 unspecified atom stereocenters. The first-order chi connectivity index (χ1) is 11.0. The zero-order chi connectivity index (χ0) is 16.4. The molecule has 1 N–H and O–H groups in total. The summed E-state index contributed by atoms with van der Waals surface area (Å²) in [5.74, 6) is 0.404. The molecule has 0 bridgehead atoms. The number of nitrogens with zero attached hydrogens (tertiary/aromatic N) is 2. The van der Waals surface area contributed by atoms with Gasteiger partial charge >= 0.3 is 0 Å². The Hall–Kier alpha value is -1.14. The molecule has 0 spiro atoms. The number of morpholine rings is 1. The Bertz CT molecular complexity index is 450. The quantitative estimate of drug-likeness (QED) is 0.824. The van der Waals surface area contributed by atoms with Crippen LogP contribution in [0.25, 0.3) is 0 Å².